The Balaban J connectivity index is 1.75. The van der Waals surface area contributed by atoms with Crippen LogP contribution in [0.2, 0.25) is 0 Å². The maximum Gasteiger partial charge on any atom is 0.316 e. The third-order valence-electron chi connectivity index (χ3n) is 4.32. The van der Waals surface area contributed by atoms with Gasteiger partial charge >= 0.3 is 6.03 Å². The number of furan rings is 1. The van der Waals surface area contributed by atoms with Crippen molar-refractivity contribution in [1.29, 1.82) is 0 Å². The Morgan fingerprint density at radius 1 is 0.885 bits per heavy atom. The van der Waals surface area contributed by atoms with Gasteiger partial charge in [0.2, 0.25) is 0 Å². The third kappa shape index (κ3) is 4.54. The van der Waals surface area contributed by atoms with Crippen LogP contribution >= 0.6 is 0 Å². The first kappa shape index (κ1) is 17.8. The Morgan fingerprint density at radius 2 is 1.54 bits per heavy atom. The number of hydrogen-bond donors (Lipinski definition) is 2. The summed E-state index contributed by atoms with van der Waals surface area (Å²) in [5.74, 6) is 0.707. The molecule has 2 unspecified atom stereocenters. The van der Waals surface area contributed by atoms with Gasteiger partial charge in [-0.3, -0.25) is 0 Å². The van der Waals surface area contributed by atoms with Crippen LogP contribution in [-0.4, -0.2) is 6.03 Å². The third-order valence-corrected chi connectivity index (χ3v) is 4.32. The van der Waals surface area contributed by atoms with Crippen molar-refractivity contribution < 1.29 is 9.21 Å². The van der Waals surface area contributed by atoms with Crippen molar-refractivity contribution >= 4 is 6.03 Å². The molecule has 2 amide bonds. The van der Waals surface area contributed by atoms with Crippen molar-refractivity contribution in [3.05, 3.63) is 95.9 Å². The van der Waals surface area contributed by atoms with Crippen molar-refractivity contribution in [3.63, 3.8) is 0 Å². The largest absolute Gasteiger partial charge is 0.467 e. The van der Waals surface area contributed by atoms with E-state index >= 15 is 0 Å². The van der Waals surface area contributed by atoms with E-state index in [1.807, 2.05) is 72.8 Å². The molecular weight excluding hydrogens is 324 g/mol. The highest BCUT2D eigenvalue weighted by atomic mass is 16.3. The van der Waals surface area contributed by atoms with Crippen LogP contribution < -0.4 is 10.6 Å². The monoisotopic (exact) mass is 348 g/mol. The molecule has 1 aromatic heterocycles. The molecule has 3 aromatic rings. The van der Waals surface area contributed by atoms with E-state index in [0.717, 1.165) is 24.0 Å². The molecule has 26 heavy (non-hydrogen) atoms. The molecule has 2 N–H and O–H groups in total. The molecule has 0 bridgehead atoms. The second-order valence-corrected chi connectivity index (χ2v) is 6.23. The summed E-state index contributed by atoms with van der Waals surface area (Å²) in [7, 11) is 0. The molecule has 3 rings (SSSR count). The fourth-order valence-electron chi connectivity index (χ4n) is 3.05. The topological polar surface area (TPSA) is 54.3 Å². The van der Waals surface area contributed by atoms with Gasteiger partial charge < -0.3 is 15.1 Å². The van der Waals surface area contributed by atoms with Gasteiger partial charge in [-0.2, -0.15) is 0 Å². The Morgan fingerprint density at radius 3 is 2.12 bits per heavy atom. The van der Waals surface area contributed by atoms with Gasteiger partial charge in [-0.15, -0.1) is 0 Å². The first-order chi connectivity index (χ1) is 12.8. The second-order valence-electron chi connectivity index (χ2n) is 6.23. The SMILES string of the molecule is CCCC(NC(=O)NC(c1ccccc1)c1ccco1)c1ccccc1. The average Bonchev–Trinajstić information content (AvgIpc) is 3.22. The van der Waals surface area contributed by atoms with Crippen LogP contribution in [0.3, 0.4) is 0 Å². The fraction of sp³-hybridized carbons (Fsp3) is 0.227. The molecule has 0 aliphatic heterocycles. The van der Waals surface area contributed by atoms with Crippen LogP contribution in [0.1, 0.15) is 48.7 Å². The minimum atomic E-state index is -0.329. The number of nitrogens with one attached hydrogen (secondary N) is 2. The van der Waals surface area contributed by atoms with E-state index in [2.05, 4.69) is 17.6 Å². The average molecular weight is 348 g/mol. The highest BCUT2D eigenvalue weighted by Crippen LogP contribution is 2.23. The van der Waals surface area contributed by atoms with Crippen LogP contribution in [0.4, 0.5) is 4.79 Å². The Hall–Kier alpha value is -3.01. The lowest BCUT2D eigenvalue weighted by Crippen LogP contribution is -2.40. The van der Waals surface area contributed by atoms with Crippen molar-refractivity contribution in [2.75, 3.05) is 0 Å². The predicted molar refractivity (Wildman–Crippen MR) is 103 cm³/mol. The maximum absolute atomic E-state index is 12.7. The number of amides is 2. The molecule has 0 saturated carbocycles. The Bertz CT molecular complexity index is 786. The van der Waals surface area contributed by atoms with Gasteiger partial charge in [-0.1, -0.05) is 74.0 Å². The zero-order valence-corrected chi connectivity index (χ0v) is 14.9. The molecule has 0 spiro atoms. The van der Waals surface area contributed by atoms with Gasteiger partial charge in [-0.25, -0.2) is 4.79 Å². The molecule has 134 valence electrons. The maximum atomic E-state index is 12.7. The second kappa shape index (κ2) is 8.90. The van der Waals surface area contributed by atoms with E-state index in [1.165, 1.54) is 0 Å². The highest BCUT2D eigenvalue weighted by Gasteiger charge is 2.21. The quantitative estimate of drug-likeness (QED) is 0.616. The van der Waals surface area contributed by atoms with Crippen molar-refractivity contribution in [2.45, 2.75) is 31.8 Å². The van der Waals surface area contributed by atoms with Crippen LogP contribution in [0.15, 0.2) is 83.5 Å². The molecule has 0 fully saturated rings. The first-order valence-corrected chi connectivity index (χ1v) is 8.98. The number of urea groups is 1. The summed E-state index contributed by atoms with van der Waals surface area (Å²) in [6, 6.07) is 23.0. The Labute approximate surface area is 154 Å². The van der Waals surface area contributed by atoms with Gasteiger partial charge in [0.25, 0.3) is 0 Å². The molecule has 1 heterocycles. The van der Waals surface area contributed by atoms with Crippen LogP contribution in [0.25, 0.3) is 0 Å². The summed E-state index contributed by atoms with van der Waals surface area (Å²) >= 11 is 0. The molecule has 4 heteroatoms. The zero-order chi connectivity index (χ0) is 18.2. The molecule has 0 aliphatic carbocycles. The summed E-state index contributed by atoms with van der Waals surface area (Å²) < 4.78 is 5.55. The zero-order valence-electron chi connectivity index (χ0n) is 14.9. The number of rotatable bonds is 7. The summed E-state index contributed by atoms with van der Waals surface area (Å²) in [6.45, 7) is 2.12. The lowest BCUT2D eigenvalue weighted by molar-refractivity contribution is 0.232. The molecule has 2 aromatic carbocycles. The number of carbonyl (C=O) groups is 1. The van der Waals surface area contributed by atoms with Gasteiger partial charge in [-0.05, 0) is 29.7 Å². The van der Waals surface area contributed by atoms with Gasteiger partial charge in [0.15, 0.2) is 0 Å². The minimum absolute atomic E-state index is 0.0192. The highest BCUT2D eigenvalue weighted by molar-refractivity contribution is 5.75. The molecule has 4 nitrogen and oxygen atoms in total. The van der Waals surface area contributed by atoms with Crippen LogP contribution in [0, 0.1) is 0 Å². The summed E-state index contributed by atoms with van der Waals surface area (Å²) in [5.41, 5.74) is 2.09. The lowest BCUT2D eigenvalue weighted by Gasteiger charge is -2.22. The number of benzene rings is 2. The van der Waals surface area contributed by atoms with Gasteiger partial charge in [0.05, 0.1) is 12.3 Å². The number of hydrogen-bond acceptors (Lipinski definition) is 2. The summed E-state index contributed by atoms with van der Waals surface area (Å²) in [6.07, 6.45) is 3.49. The first-order valence-electron chi connectivity index (χ1n) is 8.98. The van der Waals surface area contributed by atoms with E-state index in [1.54, 1.807) is 6.26 Å². The van der Waals surface area contributed by atoms with E-state index < -0.39 is 0 Å². The van der Waals surface area contributed by atoms with E-state index in [4.69, 9.17) is 4.42 Å². The van der Waals surface area contributed by atoms with E-state index in [-0.39, 0.29) is 18.1 Å². The Kier molecular flexibility index (Phi) is 6.09. The number of carbonyl (C=O) groups excluding carboxylic acids is 1. The standard InChI is InChI=1S/C22H24N2O2/c1-2-10-19(17-11-5-3-6-12-17)23-22(25)24-21(20-15-9-16-26-20)18-13-7-4-8-14-18/h3-9,11-16,19,21H,2,10H2,1H3,(H2,23,24,25). The molecule has 0 aliphatic rings. The van der Waals surface area contributed by atoms with Crippen molar-refractivity contribution in [2.24, 2.45) is 0 Å². The smallest absolute Gasteiger partial charge is 0.316 e. The lowest BCUT2D eigenvalue weighted by atomic mass is 10.0. The van der Waals surface area contributed by atoms with Crippen molar-refractivity contribution in [3.8, 4) is 0 Å². The van der Waals surface area contributed by atoms with E-state index in [0.29, 0.717) is 5.76 Å². The van der Waals surface area contributed by atoms with Crippen LogP contribution in [0.5, 0.6) is 0 Å². The van der Waals surface area contributed by atoms with Gasteiger partial charge in [0, 0.05) is 0 Å². The fourth-order valence-corrected chi connectivity index (χ4v) is 3.05. The molecular formula is C22H24N2O2. The predicted octanol–water partition coefficient (Wildman–Crippen LogP) is 5.21. The van der Waals surface area contributed by atoms with Crippen molar-refractivity contribution in [1.82, 2.24) is 10.6 Å². The molecule has 0 radical (unpaired) electrons. The summed E-state index contributed by atoms with van der Waals surface area (Å²) in [4.78, 5) is 12.7. The van der Waals surface area contributed by atoms with Gasteiger partial charge in [0.1, 0.15) is 11.8 Å². The van der Waals surface area contributed by atoms with E-state index in [9.17, 15) is 4.79 Å². The summed E-state index contributed by atoms with van der Waals surface area (Å²) in [5, 5.41) is 6.16. The normalized spacial score (nSPS) is 13.0. The molecule has 2 atom stereocenters. The van der Waals surface area contributed by atoms with Crippen LogP contribution in [-0.2, 0) is 0 Å². The minimum Gasteiger partial charge on any atom is -0.467 e. The molecule has 0 saturated heterocycles.